The molecule has 1 atom stereocenters. The van der Waals surface area contributed by atoms with Gasteiger partial charge in [-0.3, -0.25) is 0 Å². The summed E-state index contributed by atoms with van der Waals surface area (Å²) in [5.74, 6) is -1.16. The smallest absolute Gasteiger partial charge is 0.416 e. The van der Waals surface area contributed by atoms with Crippen molar-refractivity contribution in [3.8, 4) is 17.2 Å². The molecular weight excluding hydrogens is 459 g/mol. The molecule has 8 nitrogen and oxygen atoms in total. The normalized spacial score (nSPS) is 15.4. The Kier molecular flexibility index (Phi) is 9.31. The number of carbonyl (C=O) groups is 2. The van der Waals surface area contributed by atoms with E-state index in [1.807, 2.05) is 12.1 Å². The summed E-state index contributed by atoms with van der Waals surface area (Å²) < 4.78 is 55.4. The molecule has 1 aliphatic heterocycles. The molecule has 0 amide bonds. The van der Waals surface area contributed by atoms with E-state index in [0.717, 1.165) is 36.2 Å². The van der Waals surface area contributed by atoms with Crippen LogP contribution in [0.1, 0.15) is 22.8 Å². The van der Waals surface area contributed by atoms with Crippen LogP contribution in [-0.4, -0.2) is 49.5 Å². The summed E-state index contributed by atoms with van der Waals surface area (Å²) in [5.41, 5.74) is 1.17. The minimum atomic E-state index is -4.41. The number of aliphatic carboxylic acids is 2. The van der Waals surface area contributed by atoms with E-state index in [1.54, 1.807) is 14.2 Å². The van der Waals surface area contributed by atoms with Gasteiger partial charge in [0.1, 0.15) is 11.9 Å². The van der Waals surface area contributed by atoms with E-state index in [0.29, 0.717) is 30.2 Å². The molecule has 1 heterocycles. The molecule has 0 aliphatic carbocycles. The number of rotatable bonds is 6. The van der Waals surface area contributed by atoms with E-state index in [9.17, 15) is 22.8 Å². The third-order valence-corrected chi connectivity index (χ3v) is 4.70. The fourth-order valence-corrected chi connectivity index (χ4v) is 3.18. The van der Waals surface area contributed by atoms with Gasteiger partial charge in [0, 0.05) is 24.3 Å². The van der Waals surface area contributed by atoms with Crippen molar-refractivity contribution in [1.82, 2.24) is 5.32 Å². The zero-order valence-corrected chi connectivity index (χ0v) is 18.4. The van der Waals surface area contributed by atoms with Crippen molar-refractivity contribution >= 4 is 11.9 Å². The third kappa shape index (κ3) is 7.69. The fraction of sp³-hybridized carbons (Fsp3) is 0.304. The Hall–Kier alpha value is -3.73. The maximum atomic E-state index is 12.9. The first kappa shape index (κ1) is 26.5. The minimum Gasteiger partial charge on any atom is -0.493 e. The van der Waals surface area contributed by atoms with Crippen molar-refractivity contribution in [3.05, 3.63) is 65.2 Å². The molecule has 0 aromatic heterocycles. The highest BCUT2D eigenvalue weighted by Gasteiger charge is 2.31. The van der Waals surface area contributed by atoms with Crippen LogP contribution in [0.2, 0.25) is 0 Å². The zero-order valence-electron chi connectivity index (χ0n) is 18.4. The molecule has 34 heavy (non-hydrogen) atoms. The number of benzene rings is 2. The number of methoxy groups -OCH3 is 2. The van der Waals surface area contributed by atoms with E-state index in [1.165, 1.54) is 12.1 Å². The van der Waals surface area contributed by atoms with Crippen LogP contribution in [0.5, 0.6) is 17.2 Å². The lowest BCUT2D eigenvalue weighted by Gasteiger charge is -2.22. The monoisotopic (exact) mass is 483 g/mol. The van der Waals surface area contributed by atoms with Crippen molar-refractivity contribution in [1.29, 1.82) is 0 Å². The topological polar surface area (TPSA) is 114 Å². The van der Waals surface area contributed by atoms with E-state index < -0.39 is 29.8 Å². The second kappa shape index (κ2) is 11.9. The fourth-order valence-electron chi connectivity index (χ4n) is 3.18. The molecule has 2 aromatic rings. The number of carboxylic acid groups (broad SMARTS) is 2. The standard InChI is InChI=1S/C19H20F3NO3.C4H4O4/c1-24-16-8-12-6-7-23-11-18(15(12)10-17(16)25-2)26-14-5-3-4-13(9-14)19(20,21)22;5-3(6)1-2-4(7)8/h3-5,8-10,18,23H,6-7,11H2,1-2H3;1-2H,(H,5,6)(H,7,8)/b;2-1-. The first-order chi connectivity index (χ1) is 16.0. The van der Waals surface area contributed by atoms with Gasteiger partial charge in [0.15, 0.2) is 11.5 Å². The van der Waals surface area contributed by atoms with Crippen molar-refractivity contribution in [2.24, 2.45) is 0 Å². The molecule has 11 heteroatoms. The van der Waals surface area contributed by atoms with Gasteiger partial charge in [0.2, 0.25) is 0 Å². The van der Waals surface area contributed by atoms with Gasteiger partial charge < -0.3 is 29.7 Å². The quantitative estimate of drug-likeness (QED) is 0.533. The van der Waals surface area contributed by atoms with E-state index in [4.69, 9.17) is 24.4 Å². The van der Waals surface area contributed by atoms with Crippen molar-refractivity contribution in [2.45, 2.75) is 18.7 Å². The SMILES string of the molecule is COc1cc2c(cc1OC)C(Oc1cccc(C(F)(F)F)c1)CNCC2.O=C(O)/C=C\C(=O)O. The molecule has 0 spiro atoms. The average molecular weight is 483 g/mol. The Morgan fingerprint density at radius 3 is 2.21 bits per heavy atom. The van der Waals surface area contributed by atoms with Gasteiger partial charge in [-0.2, -0.15) is 13.2 Å². The number of fused-ring (bicyclic) bond motifs is 1. The average Bonchev–Trinajstić information content (AvgIpc) is 2.98. The summed E-state index contributed by atoms with van der Waals surface area (Å²) >= 11 is 0. The van der Waals surface area contributed by atoms with Crippen molar-refractivity contribution < 1.29 is 47.2 Å². The zero-order chi connectivity index (χ0) is 25.3. The summed E-state index contributed by atoms with van der Waals surface area (Å²) in [5, 5.41) is 18.9. The van der Waals surface area contributed by atoms with Crippen LogP contribution in [0.3, 0.4) is 0 Å². The predicted octanol–water partition coefficient (Wildman–Crippen LogP) is 3.70. The lowest BCUT2D eigenvalue weighted by Crippen LogP contribution is -2.23. The number of carboxylic acids is 2. The summed E-state index contributed by atoms with van der Waals surface area (Å²) in [6.45, 7) is 1.23. The number of ether oxygens (including phenoxy) is 3. The number of nitrogens with one attached hydrogen (secondary N) is 1. The summed E-state index contributed by atoms with van der Waals surface area (Å²) in [6.07, 6.45) is -2.96. The molecule has 3 rings (SSSR count). The van der Waals surface area contributed by atoms with E-state index in [2.05, 4.69) is 5.32 Å². The van der Waals surface area contributed by atoms with Gasteiger partial charge in [-0.15, -0.1) is 0 Å². The lowest BCUT2D eigenvalue weighted by molar-refractivity contribution is -0.137. The number of hydrogen-bond donors (Lipinski definition) is 3. The van der Waals surface area contributed by atoms with Gasteiger partial charge in [-0.1, -0.05) is 6.07 Å². The molecule has 0 bridgehead atoms. The molecular formula is C23H24F3NO7. The van der Waals surface area contributed by atoms with Crippen LogP contribution in [-0.2, 0) is 22.2 Å². The van der Waals surface area contributed by atoms with Crippen LogP contribution in [0.25, 0.3) is 0 Å². The van der Waals surface area contributed by atoms with Gasteiger partial charge in [0.25, 0.3) is 0 Å². The van der Waals surface area contributed by atoms with E-state index >= 15 is 0 Å². The molecule has 184 valence electrons. The maximum Gasteiger partial charge on any atom is 0.416 e. The van der Waals surface area contributed by atoms with E-state index in [-0.39, 0.29) is 5.75 Å². The van der Waals surface area contributed by atoms with Crippen LogP contribution >= 0.6 is 0 Å². The van der Waals surface area contributed by atoms with Crippen LogP contribution in [0.4, 0.5) is 13.2 Å². The molecule has 0 saturated carbocycles. The third-order valence-electron chi connectivity index (χ3n) is 4.70. The van der Waals surface area contributed by atoms with Gasteiger partial charge in [0.05, 0.1) is 19.8 Å². The van der Waals surface area contributed by atoms with Crippen LogP contribution in [0, 0.1) is 0 Å². The predicted molar refractivity (Wildman–Crippen MR) is 115 cm³/mol. The molecule has 3 N–H and O–H groups in total. The highest BCUT2D eigenvalue weighted by molar-refractivity contribution is 5.89. The Morgan fingerprint density at radius 1 is 1.03 bits per heavy atom. The van der Waals surface area contributed by atoms with Gasteiger partial charge >= 0.3 is 18.1 Å². The minimum absolute atomic E-state index is 0.175. The lowest BCUT2D eigenvalue weighted by atomic mass is 10.00. The molecule has 2 aromatic carbocycles. The first-order valence-corrected chi connectivity index (χ1v) is 9.98. The second-order valence-electron chi connectivity index (χ2n) is 7.00. The number of halogens is 3. The summed E-state index contributed by atoms with van der Waals surface area (Å²) in [6, 6.07) is 8.65. The Balaban J connectivity index is 0.000000440. The number of hydrogen-bond acceptors (Lipinski definition) is 6. The second-order valence-corrected chi connectivity index (χ2v) is 7.00. The van der Waals surface area contributed by atoms with Crippen molar-refractivity contribution in [2.75, 3.05) is 27.3 Å². The van der Waals surface area contributed by atoms with Crippen LogP contribution in [0.15, 0.2) is 48.6 Å². The largest absolute Gasteiger partial charge is 0.493 e. The molecule has 0 saturated heterocycles. The first-order valence-electron chi connectivity index (χ1n) is 9.98. The van der Waals surface area contributed by atoms with Crippen molar-refractivity contribution in [3.63, 3.8) is 0 Å². The molecule has 1 aliphatic rings. The summed E-state index contributed by atoms with van der Waals surface area (Å²) in [4.78, 5) is 19.1. The Morgan fingerprint density at radius 2 is 1.65 bits per heavy atom. The highest BCUT2D eigenvalue weighted by Crippen LogP contribution is 2.37. The molecule has 0 fully saturated rings. The maximum absolute atomic E-state index is 12.9. The summed E-state index contributed by atoms with van der Waals surface area (Å²) in [7, 11) is 3.11. The Labute approximate surface area is 193 Å². The Bertz CT molecular complexity index is 1020. The molecule has 0 radical (unpaired) electrons. The number of alkyl halides is 3. The van der Waals surface area contributed by atoms with Gasteiger partial charge in [-0.25, -0.2) is 9.59 Å². The van der Waals surface area contributed by atoms with Crippen LogP contribution < -0.4 is 19.5 Å². The molecule has 1 unspecified atom stereocenters. The highest BCUT2D eigenvalue weighted by atomic mass is 19.4. The van der Waals surface area contributed by atoms with Gasteiger partial charge in [-0.05, 0) is 48.9 Å².